The third-order valence-electron chi connectivity index (χ3n) is 16.5. The molecule has 89 heavy (non-hydrogen) atoms. The summed E-state index contributed by atoms with van der Waals surface area (Å²) < 4.78 is 30.9. The molecule has 3 atom stereocenters. The molecule has 3 unspecified atom stereocenters. The van der Waals surface area contributed by atoms with Gasteiger partial charge in [0.2, 0.25) is 5.91 Å². The minimum absolute atomic E-state index is 0.0356. The summed E-state index contributed by atoms with van der Waals surface area (Å²) >= 11 is 0. The molecule has 0 aromatic rings. The summed E-state index contributed by atoms with van der Waals surface area (Å²) in [7, 11) is 1.49. The van der Waals surface area contributed by atoms with Crippen molar-refractivity contribution in [2.75, 3.05) is 40.9 Å². The lowest BCUT2D eigenvalue weighted by Crippen LogP contribution is -2.47. The number of carbonyl (C=O) groups is 2. The van der Waals surface area contributed by atoms with E-state index in [0.29, 0.717) is 17.4 Å². The highest BCUT2D eigenvalue weighted by Gasteiger charge is 2.30. The van der Waals surface area contributed by atoms with Crippen molar-refractivity contribution in [2.24, 2.45) is 0 Å². The Morgan fingerprint density at radius 3 is 1.09 bits per heavy atom. The highest BCUT2D eigenvalue weighted by molar-refractivity contribution is 7.47. The Hall–Kier alpha value is -3.07. The van der Waals surface area contributed by atoms with Gasteiger partial charge in [0.15, 0.2) is 0 Å². The Morgan fingerprint density at radius 2 is 0.719 bits per heavy atom. The van der Waals surface area contributed by atoms with Crippen molar-refractivity contribution in [3.63, 3.8) is 0 Å². The minimum atomic E-state index is -4.46. The van der Waals surface area contributed by atoms with Crippen molar-refractivity contribution in [1.82, 2.24) is 5.32 Å². The molecule has 0 heterocycles. The molecule has 0 fully saturated rings. The summed E-state index contributed by atoms with van der Waals surface area (Å²) in [5.41, 5.74) is 0. The van der Waals surface area contributed by atoms with Gasteiger partial charge in [-0.15, -0.1) is 0 Å². The van der Waals surface area contributed by atoms with Gasteiger partial charge >= 0.3 is 13.8 Å². The molecule has 2 N–H and O–H groups in total. The molecule has 0 radical (unpaired) electrons. The van der Waals surface area contributed by atoms with Crippen LogP contribution < -0.4 is 5.32 Å². The Labute approximate surface area is 551 Å². The zero-order valence-electron chi connectivity index (χ0n) is 59.2. The van der Waals surface area contributed by atoms with Gasteiger partial charge in [-0.2, -0.15) is 0 Å². The van der Waals surface area contributed by atoms with Crippen LogP contribution in [0.15, 0.2) is 97.2 Å². The second-order valence-electron chi connectivity index (χ2n) is 26.4. The van der Waals surface area contributed by atoms with Gasteiger partial charge in [-0.05, 0) is 109 Å². The molecule has 9 nitrogen and oxygen atoms in total. The highest BCUT2D eigenvalue weighted by Crippen LogP contribution is 2.43. The highest BCUT2D eigenvalue weighted by atomic mass is 31.2. The molecule has 0 saturated heterocycles. The van der Waals surface area contributed by atoms with Gasteiger partial charge in [0.05, 0.1) is 33.8 Å². The van der Waals surface area contributed by atoms with Gasteiger partial charge in [-0.3, -0.25) is 18.6 Å². The van der Waals surface area contributed by atoms with E-state index < -0.39 is 20.0 Å². The van der Waals surface area contributed by atoms with E-state index in [1.807, 2.05) is 33.3 Å². The summed E-state index contributed by atoms with van der Waals surface area (Å²) in [5, 5.41) is 3.07. The summed E-state index contributed by atoms with van der Waals surface area (Å²) in [6.07, 6.45) is 92.8. The predicted octanol–water partition coefficient (Wildman–Crippen LogP) is 24.2. The van der Waals surface area contributed by atoms with Crippen LogP contribution in [0.2, 0.25) is 0 Å². The lowest BCUT2D eigenvalue weighted by Gasteiger charge is -2.27. The Morgan fingerprint density at radius 1 is 0.404 bits per heavy atom. The number of likely N-dealkylation sites (N-methyl/N-ethyl adjacent to an activating group) is 1. The van der Waals surface area contributed by atoms with Crippen molar-refractivity contribution < 1.29 is 37.3 Å². The summed E-state index contributed by atoms with van der Waals surface area (Å²) in [4.78, 5) is 38.0. The molecule has 0 aliphatic carbocycles. The normalized spacial score (nSPS) is 14.0. The van der Waals surface area contributed by atoms with Crippen molar-refractivity contribution in [3.8, 4) is 0 Å². The zero-order valence-corrected chi connectivity index (χ0v) is 60.1. The lowest BCUT2D eigenvalue weighted by molar-refractivity contribution is -0.870. The number of amides is 1. The fourth-order valence-electron chi connectivity index (χ4n) is 10.8. The second-order valence-corrected chi connectivity index (χ2v) is 27.9. The first-order valence-corrected chi connectivity index (χ1v) is 39.1. The molecular formula is C79H144N2O7P+. The quantitative estimate of drug-likeness (QED) is 0.0205. The maximum absolute atomic E-state index is 13.7. The van der Waals surface area contributed by atoms with Gasteiger partial charge in [-0.25, -0.2) is 4.57 Å². The van der Waals surface area contributed by atoms with Crippen LogP contribution in [0, 0.1) is 0 Å². The van der Waals surface area contributed by atoms with Crippen LogP contribution in [0.3, 0.4) is 0 Å². The molecule has 0 aliphatic rings. The summed E-state index contributed by atoms with van der Waals surface area (Å²) in [6.45, 7) is 6.93. The average molecular weight is 1270 g/mol. The van der Waals surface area contributed by atoms with Crippen LogP contribution >= 0.6 is 7.82 Å². The number of carbonyl (C=O) groups excluding carboxylic acids is 2. The fraction of sp³-hybridized carbons (Fsp3) is 0.772. The molecule has 1 amide bonds. The molecule has 10 heteroatoms. The topological polar surface area (TPSA) is 111 Å². The number of unbranched alkanes of at least 4 members (excludes halogenated alkanes) is 38. The average Bonchev–Trinajstić information content (AvgIpc) is 3.65. The van der Waals surface area contributed by atoms with Crippen molar-refractivity contribution in [3.05, 3.63) is 97.2 Å². The molecule has 0 rings (SSSR count). The number of esters is 1. The summed E-state index contributed by atoms with van der Waals surface area (Å²) in [5.74, 6) is -0.507. The smallest absolute Gasteiger partial charge is 0.456 e. The Balaban J connectivity index is 5.07. The standard InChI is InChI=1S/C79H143N2O7P/c1-7-10-13-16-19-22-25-28-30-32-34-36-38-39-40-41-43-44-46-48-50-53-56-59-62-65-68-71-78(82)80-76(75-87-89(84,85)86-74-73-81(4,5)6)77(70-67-64-61-58-55-52-27-24-21-18-15-12-9-3)88-79(83)72-69-66-63-60-57-54-51-49-47-45-42-37-35-33-31-29-26-23-20-17-14-11-8-2/h10,13,19,22,28-31,34,36,39-40,43-44,67,70,76-77H,7-9,11-12,14-18,20-21,23-27,32-33,35,37-38,41-42,45-66,68-69,71-75H2,1-6H3,(H-,80,82,84,85)/p+1/b13-10-,22-19-,30-28-,31-29+,36-34-,40-39-,44-43-,70-67-. The number of hydrogen-bond donors (Lipinski definition) is 2. The van der Waals surface area contributed by atoms with Crippen molar-refractivity contribution in [2.45, 2.75) is 354 Å². The Kier molecular flexibility index (Phi) is 65.5. The molecule has 0 saturated carbocycles. The minimum Gasteiger partial charge on any atom is -0.456 e. The van der Waals surface area contributed by atoms with Crippen LogP contribution in [-0.2, 0) is 27.9 Å². The number of quaternary nitrogens is 1. The van der Waals surface area contributed by atoms with Gasteiger partial charge in [-0.1, -0.05) is 317 Å². The number of phosphoric acid groups is 1. The molecule has 0 aliphatic heterocycles. The number of nitrogens with one attached hydrogen (secondary N) is 1. The number of ether oxygens (including phenoxy) is 1. The zero-order chi connectivity index (χ0) is 64.9. The maximum Gasteiger partial charge on any atom is 0.472 e. The fourth-order valence-corrected chi connectivity index (χ4v) is 11.5. The van der Waals surface area contributed by atoms with Crippen LogP contribution in [0.5, 0.6) is 0 Å². The SMILES string of the molecule is CC/C=C\C/C=C\C/C=C\C/C=C\C/C=C\C/C=C\CCCCCCCCCCC(=O)NC(COP(=O)(O)OCC[N+](C)(C)C)C(/C=C\CCCCCCCCCCCCC)OC(=O)CCCCCCCCCCCCCCC/C=C/CCCCCCCC. The first kappa shape index (κ1) is 85.9. The maximum atomic E-state index is 13.7. The van der Waals surface area contributed by atoms with E-state index >= 15 is 0 Å². The Bertz CT molecular complexity index is 1840. The van der Waals surface area contributed by atoms with E-state index in [1.54, 1.807) is 0 Å². The number of rotatable bonds is 68. The van der Waals surface area contributed by atoms with E-state index in [-0.39, 0.29) is 31.5 Å². The van der Waals surface area contributed by atoms with E-state index in [1.165, 1.54) is 199 Å². The van der Waals surface area contributed by atoms with Crippen molar-refractivity contribution in [1.29, 1.82) is 0 Å². The van der Waals surface area contributed by atoms with E-state index in [2.05, 4.69) is 111 Å². The first-order valence-electron chi connectivity index (χ1n) is 37.6. The summed E-state index contributed by atoms with van der Waals surface area (Å²) in [6, 6.07) is -0.859. The van der Waals surface area contributed by atoms with Crippen LogP contribution in [0.25, 0.3) is 0 Å². The molecular weight excluding hydrogens is 1120 g/mol. The molecule has 0 aromatic heterocycles. The van der Waals surface area contributed by atoms with Gasteiger partial charge in [0.25, 0.3) is 0 Å². The number of phosphoric ester groups is 1. The molecule has 0 bridgehead atoms. The van der Waals surface area contributed by atoms with Crippen LogP contribution in [-0.4, -0.2) is 74.3 Å². The lowest BCUT2D eigenvalue weighted by atomic mass is 10.0. The molecule has 516 valence electrons. The number of nitrogens with zero attached hydrogens (tertiary/aromatic N) is 1. The molecule has 0 aromatic carbocycles. The largest absolute Gasteiger partial charge is 0.472 e. The second kappa shape index (κ2) is 67.8. The van der Waals surface area contributed by atoms with Crippen LogP contribution in [0.4, 0.5) is 0 Å². The predicted molar refractivity (Wildman–Crippen MR) is 387 cm³/mol. The van der Waals surface area contributed by atoms with E-state index in [9.17, 15) is 19.0 Å². The van der Waals surface area contributed by atoms with E-state index in [4.69, 9.17) is 13.8 Å². The van der Waals surface area contributed by atoms with Crippen LogP contribution in [0.1, 0.15) is 342 Å². The van der Waals surface area contributed by atoms with E-state index in [0.717, 1.165) is 109 Å². The monoisotopic (exact) mass is 1260 g/mol. The van der Waals surface area contributed by atoms with Gasteiger partial charge in [0.1, 0.15) is 19.3 Å². The molecule has 0 spiro atoms. The van der Waals surface area contributed by atoms with Gasteiger partial charge < -0.3 is 19.4 Å². The first-order chi connectivity index (χ1) is 43.4. The van der Waals surface area contributed by atoms with Gasteiger partial charge in [0, 0.05) is 12.8 Å². The number of hydrogen-bond acceptors (Lipinski definition) is 6. The third kappa shape index (κ3) is 69.1. The number of allylic oxidation sites excluding steroid dienone is 15. The van der Waals surface area contributed by atoms with Crippen molar-refractivity contribution >= 4 is 19.7 Å². The third-order valence-corrected chi connectivity index (χ3v) is 17.5.